The molecule has 3 aromatic rings. The number of nitrogens with zero attached hydrogens (tertiary/aromatic N) is 3. The zero-order chi connectivity index (χ0) is 16.4. The Balaban J connectivity index is 2.08. The van der Waals surface area contributed by atoms with Gasteiger partial charge >= 0.3 is 0 Å². The lowest BCUT2D eigenvalue weighted by Crippen LogP contribution is -2.34. The summed E-state index contributed by atoms with van der Waals surface area (Å²) in [4.78, 5) is 6.59. The molecule has 120 valence electrons. The van der Waals surface area contributed by atoms with Gasteiger partial charge in [-0.3, -0.25) is 5.10 Å². The molecule has 1 unspecified atom stereocenters. The van der Waals surface area contributed by atoms with E-state index in [0.29, 0.717) is 0 Å². The molecule has 0 saturated carbocycles. The number of nitrogens with one attached hydrogen (secondary N) is 1. The van der Waals surface area contributed by atoms with E-state index in [4.69, 9.17) is 0 Å². The number of aromatic amines is 1. The Bertz CT molecular complexity index is 806. The third-order valence-corrected chi connectivity index (χ3v) is 4.67. The molecule has 0 amide bonds. The summed E-state index contributed by atoms with van der Waals surface area (Å²) >= 11 is 0. The molecule has 1 N–H and O–H groups in total. The molecule has 0 aliphatic heterocycles. The summed E-state index contributed by atoms with van der Waals surface area (Å²) in [6.45, 7) is 5.63. The molecule has 0 aliphatic carbocycles. The number of benzene rings is 1. The molecule has 0 bridgehead atoms. The van der Waals surface area contributed by atoms with Crippen molar-refractivity contribution in [1.29, 1.82) is 0 Å². The largest absolute Gasteiger partial charge is 0.309 e. The van der Waals surface area contributed by atoms with E-state index in [0.717, 1.165) is 24.0 Å². The Morgan fingerprint density at radius 2 is 2.04 bits per heavy atom. The summed E-state index contributed by atoms with van der Waals surface area (Å²) in [7, 11) is 4.27. The van der Waals surface area contributed by atoms with E-state index in [1.807, 2.05) is 12.4 Å². The van der Waals surface area contributed by atoms with Crippen LogP contribution in [0.1, 0.15) is 25.8 Å². The normalized spacial score (nSPS) is 14.3. The van der Waals surface area contributed by atoms with E-state index in [9.17, 15) is 0 Å². The van der Waals surface area contributed by atoms with Crippen molar-refractivity contribution in [1.82, 2.24) is 20.1 Å². The lowest BCUT2D eigenvalue weighted by Gasteiger charge is -2.32. The van der Waals surface area contributed by atoms with Crippen LogP contribution in [0.3, 0.4) is 0 Å². The number of H-pyrrole nitrogens is 1. The Morgan fingerprint density at radius 1 is 1.22 bits per heavy atom. The van der Waals surface area contributed by atoms with Crippen LogP contribution in [0.4, 0.5) is 0 Å². The van der Waals surface area contributed by atoms with Crippen LogP contribution in [0.2, 0.25) is 0 Å². The predicted molar refractivity (Wildman–Crippen MR) is 95.5 cm³/mol. The van der Waals surface area contributed by atoms with Crippen molar-refractivity contribution in [2.75, 3.05) is 20.6 Å². The molecule has 0 saturated heterocycles. The van der Waals surface area contributed by atoms with Gasteiger partial charge in [-0.05, 0) is 43.3 Å². The molecule has 1 atom stereocenters. The number of hydrogen-bond donors (Lipinski definition) is 1. The lowest BCUT2D eigenvalue weighted by molar-refractivity contribution is 0.291. The molecule has 4 nitrogen and oxygen atoms in total. The molecule has 4 heteroatoms. The van der Waals surface area contributed by atoms with E-state index in [2.05, 4.69) is 78.4 Å². The van der Waals surface area contributed by atoms with Crippen molar-refractivity contribution in [3.05, 3.63) is 48.3 Å². The fourth-order valence-electron chi connectivity index (χ4n) is 3.27. The third kappa shape index (κ3) is 2.99. The highest BCUT2D eigenvalue weighted by Crippen LogP contribution is 2.33. The second-order valence-electron chi connectivity index (χ2n) is 6.72. The summed E-state index contributed by atoms with van der Waals surface area (Å²) in [6, 6.07) is 10.9. The highest BCUT2D eigenvalue weighted by molar-refractivity contribution is 5.92. The van der Waals surface area contributed by atoms with Crippen molar-refractivity contribution in [2.45, 2.75) is 25.7 Å². The molecule has 0 aliphatic rings. The first kappa shape index (κ1) is 15.7. The van der Waals surface area contributed by atoms with Crippen molar-refractivity contribution in [2.24, 2.45) is 0 Å². The minimum atomic E-state index is 0.141. The summed E-state index contributed by atoms with van der Waals surface area (Å²) in [5.41, 5.74) is 4.74. The van der Waals surface area contributed by atoms with Gasteiger partial charge in [0.25, 0.3) is 0 Å². The van der Waals surface area contributed by atoms with Crippen molar-refractivity contribution < 1.29 is 0 Å². The van der Waals surface area contributed by atoms with Crippen molar-refractivity contribution in [3.63, 3.8) is 0 Å². The maximum absolute atomic E-state index is 4.33. The monoisotopic (exact) mass is 308 g/mol. The lowest BCUT2D eigenvalue weighted by atomic mass is 9.78. The molecule has 0 spiro atoms. The summed E-state index contributed by atoms with van der Waals surface area (Å²) < 4.78 is 0. The fourth-order valence-corrected chi connectivity index (χ4v) is 3.27. The molecule has 2 heterocycles. The van der Waals surface area contributed by atoms with Gasteiger partial charge in [-0.1, -0.05) is 38.1 Å². The molecule has 2 aromatic heterocycles. The molecule has 3 rings (SSSR count). The van der Waals surface area contributed by atoms with Gasteiger partial charge in [0.15, 0.2) is 5.65 Å². The van der Waals surface area contributed by atoms with E-state index >= 15 is 0 Å². The van der Waals surface area contributed by atoms with E-state index in [1.165, 1.54) is 16.7 Å². The standard InChI is InChI=1S/C19H24N4/c1-5-19(2,13-23(3)4)15-8-6-7-14(11-15)16-9-10-20-18-17(16)12-21-22-18/h6-12H,5,13H2,1-4H3,(H,20,21,22). The van der Waals surface area contributed by atoms with Crippen LogP contribution in [-0.4, -0.2) is 40.7 Å². The highest BCUT2D eigenvalue weighted by Gasteiger charge is 2.25. The second-order valence-corrected chi connectivity index (χ2v) is 6.72. The van der Waals surface area contributed by atoms with Gasteiger partial charge in [0.1, 0.15) is 0 Å². The van der Waals surface area contributed by atoms with Gasteiger partial charge in [-0.15, -0.1) is 0 Å². The molecular weight excluding hydrogens is 284 g/mol. The molecule has 0 fully saturated rings. The Hall–Kier alpha value is -2.20. The number of pyridine rings is 1. The minimum Gasteiger partial charge on any atom is -0.309 e. The third-order valence-electron chi connectivity index (χ3n) is 4.67. The average Bonchev–Trinajstić information content (AvgIpc) is 3.02. The molecule has 1 aromatic carbocycles. The summed E-state index contributed by atoms with van der Waals surface area (Å²) in [5, 5.41) is 8.13. The summed E-state index contributed by atoms with van der Waals surface area (Å²) in [6.07, 6.45) is 4.79. The number of hydrogen-bond acceptors (Lipinski definition) is 3. The molecular formula is C19H24N4. The zero-order valence-electron chi connectivity index (χ0n) is 14.3. The van der Waals surface area contributed by atoms with Crippen LogP contribution in [-0.2, 0) is 5.41 Å². The first-order valence-corrected chi connectivity index (χ1v) is 8.07. The van der Waals surface area contributed by atoms with E-state index in [1.54, 1.807) is 0 Å². The summed E-state index contributed by atoms with van der Waals surface area (Å²) in [5.74, 6) is 0. The van der Waals surface area contributed by atoms with E-state index in [-0.39, 0.29) is 5.41 Å². The van der Waals surface area contributed by atoms with Crippen LogP contribution in [0, 0.1) is 0 Å². The number of fused-ring (bicyclic) bond motifs is 1. The fraction of sp³-hybridized carbons (Fsp3) is 0.368. The number of likely N-dealkylation sites (N-methyl/N-ethyl adjacent to an activating group) is 1. The second kappa shape index (κ2) is 6.13. The van der Waals surface area contributed by atoms with Gasteiger partial charge in [-0.25, -0.2) is 4.98 Å². The van der Waals surface area contributed by atoms with Crippen LogP contribution in [0.25, 0.3) is 22.2 Å². The van der Waals surface area contributed by atoms with Gasteiger partial charge < -0.3 is 4.90 Å². The van der Waals surface area contributed by atoms with Crippen LogP contribution in [0.15, 0.2) is 42.7 Å². The van der Waals surface area contributed by atoms with Crippen LogP contribution >= 0.6 is 0 Å². The SMILES string of the molecule is CCC(C)(CN(C)C)c1cccc(-c2ccnc3[nH]ncc23)c1. The Kier molecular flexibility index (Phi) is 4.18. The Morgan fingerprint density at radius 3 is 2.78 bits per heavy atom. The Labute approximate surface area is 137 Å². The topological polar surface area (TPSA) is 44.8 Å². The van der Waals surface area contributed by atoms with Crippen molar-refractivity contribution in [3.8, 4) is 11.1 Å². The van der Waals surface area contributed by atoms with Gasteiger partial charge in [-0.2, -0.15) is 5.10 Å². The van der Waals surface area contributed by atoms with Gasteiger partial charge in [0.2, 0.25) is 0 Å². The maximum Gasteiger partial charge on any atom is 0.155 e. The predicted octanol–water partition coefficient (Wildman–Crippen LogP) is 3.85. The minimum absolute atomic E-state index is 0.141. The van der Waals surface area contributed by atoms with Crippen LogP contribution < -0.4 is 0 Å². The zero-order valence-corrected chi connectivity index (χ0v) is 14.3. The first-order chi connectivity index (χ1) is 11.0. The first-order valence-electron chi connectivity index (χ1n) is 8.07. The van der Waals surface area contributed by atoms with Crippen molar-refractivity contribution >= 4 is 11.0 Å². The van der Waals surface area contributed by atoms with E-state index < -0.39 is 0 Å². The number of aromatic nitrogens is 3. The number of rotatable bonds is 5. The van der Waals surface area contributed by atoms with Crippen LogP contribution in [0.5, 0.6) is 0 Å². The molecule has 0 radical (unpaired) electrons. The van der Waals surface area contributed by atoms with Gasteiger partial charge in [0, 0.05) is 23.5 Å². The van der Waals surface area contributed by atoms with Gasteiger partial charge in [0.05, 0.1) is 6.20 Å². The smallest absolute Gasteiger partial charge is 0.155 e. The maximum atomic E-state index is 4.33. The highest BCUT2D eigenvalue weighted by atomic mass is 15.1. The molecule has 23 heavy (non-hydrogen) atoms. The quantitative estimate of drug-likeness (QED) is 0.778. The average molecular weight is 308 g/mol.